The first-order chi connectivity index (χ1) is 12.6. The smallest absolute Gasteiger partial charge is 0.307 e. The summed E-state index contributed by atoms with van der Waals surface area (Å²) in [6, 6.07) is 17.5. The molecule has 2 aromatic rings. The molecule has 0 aliphatic rings. The van der Waals surface area contributed by atoms with Crippen molar-refractivity contribution >= 4 is 35.2 Å². The molecule has 0 fully saturated rings. The van der Waals surface area contributed by atoms with E-state index in [0.717, 1.165) is 17.7 Å². The normalized spacial score (nSPS) is 10.3. The third-order valence-corrected chi connectivity index (χ3v) is 4.83. The molecule has 0 atom stereocenters. The molecule has 0 unspecified atom stereocenters. The van der Waals surface area contributed by atoms with Crippen molar-refractivity contribution in [2.24, 2.45) is 0 Å². The van der Waals surface area contributed by atoms with Crippen LogP contribution in [0.3, 0.4) is 0 Å². The van der Waals surface area contributed by atoms with Gasteiger partial charge in [0.2, 0.25) is 0 Å². The highest BCUT2D eigenvalue weighted by molar-refractivity contribution is 7.99. The minimum Gasteiger partial charge on any atom is -0.456 e. The van der Waals surface area contributed by atoms with Gasteiger partial charge in [0.15, 0.2) is 6.61 Å². The van der Waals surface area contributed by atoms with Crippen molar-refractivity contribution < 1.29 is 14.3 Å². The number of benzene rings is 2. The van der Waals surface area contributed by atoms with Crippen LogP contribution in [0.1, 0.15) is 18.4 Å². The van der Waals surface area contributed by atoms with Gasteiger partial charge in [0.05, 0.1) is 6.42 Å². The van der Waals surface area contributed by atoms with E-state index in [4.69, 9.17) is 16.3 Å². The molecule has 0 spiro atoms. The van der Waals surface area contributed by atoms with Crippen LogP contribution in [0.25, 0.3) is 0 Å². The van der Waals surface area contributed by atoms with E-state index in [-0.39, 0.29) is 24.9 Å². The summed E-state index contributed by atoms with van der Waals surface area (Å²) in [4.78, 5) is 24.4. The van der Waals surface area contributed by atoms with Crippen LogP contribution in [-0.4, -0.2) is 30.8 Å². The number of hydrogen-bond acceptors (Lipinski definition) is 4. The zero-order valence-electron chi connectivity index (χ0n) is 14.4. The average molecular weight is 392 g/mol. The fourth-order valence-corrected chi connectivity index (χ4v) is 3.18. The number of aryl methyl sites for hydroxylation is 1. The lowest BCUT2D eigenvalue weighted by atomic mass is 10.1. The molecule has 0 heterocycles. The van der Waals surface area contributed by atoms with Crippen molar-refractivity contribution in [3.8, 4) is 0 Å². The molecule has 1 N–H and O–H groups in total. The monoisotopic (exact) mass is 391 g/mol. The molecule has 0 aromatic heterocycles. The van der Waals surface area contributed by atoms with Gasteiger partial charge in [-0.3, -0.25) is 9.59 Å². The number of ether oxygens (including phenoxy) is 1. The first-order valence-electron chi connectivity index (χ1n) is 8.48. The van der Waals surface area contributed by atoms with Gasteiger partial charge in [-0.2, -0.15) is 0 Å². The number of nitrogens with one attached hydrogen (secondary N) is 1. The minimum atomic E-state index is -0.370. The number of esters is 1. The number of thioether (sulfide) groups is 1. The zero-order valence-corrected chi connectivity index (χ0v) is 16.0. The van der Waals surface area contributed by atoms with Gasteiger partial charge in [0.1, 0.15) is 0 Å². The highest BCUT2D eigenvalue weighted by atomic mass is 35.5. The van der Waals surface area contributed by atoms with E-state index in [0.29, 0.717) is 17.3 Å². The Kier molecular flexibility index (Phi) is 9.07. The van der Waals surface area contributed by atoms with E-state index in [9.17, 15) is 9.59 Å². The number of carbonyl (C=O) groups excluding carboxylic acids is 2. The standard InChI is InChI=1S/C20H22ClNO3S/c21-17-8-10-18(11-9-17)26-14-12-20(24)25-15-19(23)22-13-4-7-16-5-2-1-3-6-16/h1-3,5-6,8-11H,4,7,12-15H2,(H,22,23). The summed E-state index contributed by atoms with van der Waals surface area (Å²) < 4.78 is 4.99. The molecule has 0 saturated heterocycles. The predicted octanol–water partition coefficient (Wildman–Crippen LogP) is 4.11. The molecular weight excluding hydrogens is 370 g/mol. The molecule has 26 heavy (non-hydrogen) atoms. The fourth-order valence-electron chi connectivity index (χ4n) is 2.22. The maximum atomic E-state index is 11.7. The first kappa shape index (κ1) is 20.3. The second kappa shape index (κ2) is 11.6. The van der Waals surface area contributed by atoms with Crippen LogP contribution in [0.15, 0.2) is 59.5 Å². The van der Waals surface area contributed by atoms with Crippen molar-refractivity contribution in [2.45, 2.75) is 24.2 Å². The highest BCUT2D eigenvalue weighted by Gasteiger charge is 2.07. The van der Waals surface area contributed by atoms with E-state index in [2.05, 4.69) is 17.4 Å². The molecular formula is C20H22ClNO3S. The van der Waals surface area contributed by atoms with Crippen molar-refractivity contribution in [3.05, 3.63) is 65.2 Å². The molecule has 0 aliphatic heterocycles. The van der Waals surface area contributed by atoms with Gasteiger partial charge in [0, 0.05) is 22.2 Å². The van der Waals surface area contributed by atoms with Gasteiger partial charge in [0.25, 0.3) is 5.91 Å². The SMILES string of the molecule is O=C(COC(=O)CCSc1ccc(Cl)cc1)NCCCc1ccccc1. The summed E-state index contributed by atoms with van der Waals surface area (Å²) in [5.41, 5.74) is 1.24. The van der Waals surface area contributed by atoms with Gasteiger partial charge in [-0.05, 0) is 42.7 Å². The van der Waals surface area contributed by atoms with E-state index in [1.54, 1.807) is 11.8 Å². The molecule has 0 saturated carbocycles. The van der Waals surface area contributed by atoms with Crippen LogP contribution in [0.2, 0.25) is 5.02 Å². The number of rotatable bonds is 10. The molecule has 0 aliphatic carbocycles. The Morgan fingerprint density at radius 2 is 1.77 bits per heavy atom. The van der Waals surface area contributed by atoms with E-state index >= 15 is 0 Å². The first-order valence-corrected chi connectivity index (χ1v) is 9.84. The lowest BCUT2D eigenvalue weighted by molar-refractivity contribution is -0.148. The Hall–Kier alpha value is -1.98. The van der Waals surface area contributed by atoms with E-state index < -0.39 is 0 Å². The minimum absolute atomic E-state index is 0.226. The maximum absolute atomic E-state index is 11.7. The second-order valence-corrected chi connectivity index (χ2v) is 7.26. The van der Waals surface area contributed by atoms with Crippen LogP contribution in [-0.2, 0) is 20.7 Å². The number of carbonyl (C=O) groups is 2. The average Bonchev–Trinajstić information content (AvgIpc) is 2.66. The number of hydrogen-bond donors (Lipinski definition) is 1. The lowest BCUT2D eigenvalue weighted by Crippen LogP contribution is -2.29. The predicted molar refractivity (Wildman–Crippen MR) is 106 cm³/mol. The van der Waals surface area contributed by atoms with Crippen LogP contribution in [0.5, 0.6) is 0 Å². The fraction of sp³-hybridized carbons (Fsp3) is 0.300. The molecule has 4 nitrogen and oxygen atoms in total. The van der Waals surface area contributed by atoms with Crippen molar-refractivity contribution in [1.82, 2.24) is 5.32 Å². The van der Waals surface area contributed by atoms with Crippen LogP contribution >= 0.6 is 23.4 Å². The Labute approximate surface area is 163 Å². The Morgan fingerprint density at radius 3 is 2.50 bits per heavy atom. The molecule has 2 aromatic carbocycles. The molecule has 2 rings (SSSR count). The zero-order chi connectivity index (χ0) is 18.6. The summed E-state index contributed by atoms with van der Waals surface area (Å²) in [5, 5.41) is 3.45. The van der Waals surface area contributed by atoms with Crippen LogP contribution in [0, 0.1) is 0 Å². The molecule has 1 amide bonds. The van der Waals surface area contributed by atoms with Gasteiger partial charge in [-0.1, -0.05) is 41.9 Å². The molecule has 0 radical (unpaired) electrons. The summed E-state index contributed by atoms with van der Waals surface area (Å²) in [6.07, 6.45) is 2.01. The van der Waals surface area contributed by atoms with E-state index in [1.165, 1.54) is 5.56 Å². The van der Waals surface area contributed by atoms with Crippen molar-refractivity contribution in [2.75, 3.05) is 18.9 Å². The van der Waals surface area contributed by atoms with Crippen LogP contribution in [0.4, 0.5) is 0 Å². The summed E-state index contributed by atoms with van der Waals surface area (Å²) in [7, 11) is 0. The second-order valence-electron chi connectivity index (χ2n) is 5.65. The van der Waals surface area contributed by atoms with E-state index in [1.807, 2.05) is 42.5 Å². The molecule has 6 heteroatoms. The quantitative estimate of drug-likeness (QED) is 0.376. The highest BCUT2D eigenvalue weighted by Crippen LogP contribution is 2.20. The topological polar surface area (TPSA) is 55.4 Å². The Balaban J connectivity index is 1.51. The van der Waals surface area contributed by atoms with Gasteiger partial charge >= 0.3 is 5.97 Å². The van der Waals surface area contributed by atoms with Crippen LogP contribution < -0.4 is 5.32 Å². The molecule has 138 valence electrons. The van der Waals surface area contributed by atoms with Crippen molar-refractivity contribution in [1.29, 1.82) is 0 Å². The third-order valence-electron chi connectivity index (χ3n) is 3.56. The summed E-state index contributed by atoms with van der Waals surface area (Å²) in [5.74, 6) is -0.0400. The third kappa shape index (κ3) is 8.41. The molecule has 0 bridgehead atoms. The van der Waals surface area contributed by atoms with Gasteiger partial charge < -0.3 is 10.1 Å². The lowest BCUT2D eigenvalue weighted by Gasteiger charge is -2.07. The largest absolute Gasteiger partial charge is 0.456 e. The van der Waals surface area contributed by atoms with Crippen molar-refractivity contribution in [3.63, 3.8) is 0 Å². The van der Waals surface area contributed by atoms with Gasteiger partial charge in [-0.15, -0.1) is 11.8 Å². The summed E-state index contributed by atoms with van der Waals surface area (Å²) >= 11 is 7.37. The summed E-state index contributed by atoms with van der Waals surface area (Å²) in [6.45, 7) is 0.341. The van der Waals surface area contributed by atoms with Gasteiger partial charge in [-0.25, -0.2) is 0 Å². The number of amides is 1. The number of halogens is 1. The Bertz CT molecular complexity index is 692. The maximum Gasteiger partial charge on any atom is 0.307 e. The Morgan fingerprint density at radius 1 is 1.04 bits per heavy atom.